The van der Waals surface area contributed by atoms with Crippen molar-refractivity contribution >= 4 is 18.1 Å². The van der Waals surface area contributed by atoms with Gasteiger partial charge < -0.3 is 30.3 Å². The van der Waals surface area contributed by atoms with Crippen LogP contribution in [0.25, 0.3) is 0 Å². The second-order valence-corrected chi connectivity index (χ2v) is 8.37. The minimum atomic E-state index is -0.511. The molecule has 0 aromatic rings. The zero-order valence-corrected chi connectivity index (χ0v) is 18.8. The van der Waals surface area contributed by atoms with E-state index in [0.29, 0.717) is 38.6 Å². The standard InChI is InChI=1S/C19H39N5O4/c1-9-20-15(21-11-10-12-23-16(25)27-18(2,3)4)22-13-14-24(8)17(26)28-19(5,6)7/h9-14H2,1-8H3,(H,23,25)(H2,20,21,22). The second-order valence-electron chi connectivity index (χ2n) is 8.37. The summed E-state index contributed by atoms with van der Waals surface area (Å²) < 4.78 is 10.5. The molecule has 3 N–H and O–H groups in total. The van der Waals surface area contributed by atoms with Gasteiger partial charge >= 0.3 is 12.2 Å². The molecule has 9 heteroatoms. The zero-order valence-electron chi connectivity index (χ0n) is 18.8. The van der Waals surface area contributed by atoms with E-state index < -0.39 is 17.3 Å². The highest BCUT2D eigenvalue weighted by Gasteiger charge is 2.19. The number of rotatable bonds is 8. The van der Waals surface area contributed by atoms with E-state index in [2.05, 4.69) is 20.9 Å². The molecule has 9 nitrogen and oxygen atoms in total. The topological polar surface area (TPSA) is 104 Å². The first-order chi connectivity index (χ1) is 12.8. The number of likely N-dealkylation sites (N-methyl/N-ethyl adjacent to an activating group) is 1. The quantitative estimate of drug-likeness (QED) is 0.328. The molecule has 0 saturated heterocycles. The van der Waals surface area contributed by atoms with Crippen molar-refractivity contribution in [2.45, 2.75) is 66.1 Å². The van der Waals surface area contributed by atoms with Gasteiger partial charge in [0.15, 0.2) is 5.96 Å². The van der Waals surface area contributed by atoms with Crippen LogP contribution in [0.15, 0.2) is 4.99 Å². The van der Waals surface area contributed by atoms with Gasteiger partial charge in [-0.25, -0.2) is 9.59 Å². The number of nitrogens with one attached hydrogen (secondary N) is 3. The van der Waals surface area contributed by atoms with Crippen LogP contribution in [0.5, 0.6) is 0 Å². The summed E-state index contributed by atoms with van der Waals surface area (Å²) in [4.78, 5) is 29.5. The molecule has 0 spiro atoms. The fraction of sp³-hybridized carbons (Fsp3) is 0.842. The van der Waals surface area contributed by atoms with Gasteiger partial charge in [-0.1, -0.05) is 0 Å². The molecule has 0 unspecified atom stereocenters. The largest absolute Gasteiger partial charge is 0.444 e. The van der Waals surface area contributed by atoms with E-state index in [1.165, 1.54) is 4.90 Å². The van der Waals surface area contributed by atoms with Crippen LogP contribution in [0.1, 0.15) is 54.9 Å². The summed E-state index contributed by atoms with van der Waals surface area (Å²) in [5, 5.41) is 9.03. The van der Waals surface area contributed by atoms with Gasteiger partial charge in [-0.2, -0.15) is 0 Å². The van der Waals surface area contributed by atoms with Crippen molar-refractivity contribution in [1.82, 2.24) is 20.9 Å². The lowest BCUT2D eigenvalue weighted by Gasteiger charge is -2.24. The molecule has 0 aromatic heterocycles. The number of guanidine groups is 1. The Morgan fingerprint density at radius 2 is 1.54 bits per heavy atom. The maximum Gasteiger partial charge on any atom is 0.410 e. The minimum absolute atomic E-state index is 0.357. The van der Waals surface area contributed by atoms with E-state index in [9.17, 15) is 9.59 Å². The van der Waals surface area contributed by atoms with Crippen LogP contribution in [0.3, 0.4) is 0 Å². The Hall–Kier alpha value is -2.19. The van der Waals surface area contributed by atoms with E-state index >= 15 is 0 Å². The zero-order chi connectivity index (χ0) is 21.8. The van der Waals surface area contributed by atoms with Gasteiger partial charge in [0.05, 0.1) is 0 Å². The van der Waals surface area contributed by atoms with Crippen LogP contribution < -0.4 is 16.0 Å². The van der Waals surface area contributed by atoms with Crippen molar-refractivity contribution in [3.05, 3.63) is 0 Å². The van der Waals surface area contributed by atoms with Crippen LogP contribution in [0, 0.1) is 0 Å². The number of hydrogen-bond donors (Lipinski definition) is 3. The van der Waals surface area contributed by atoms with Crippen LogP contribution in [-0.2, 0) is 9.47 Å². The number of alkyl carbamates (subject to hydrolysis) is 1. The fourth-order valence-electron chi connectivity index (χ4n) is 1.89. The Balaban J connectivity index is 4.20. The van der Waals surface area contributed by atoms with Crippen LogP contribution >= 0.6 is 0 Å². The molecule has 164 valence electrons. The lowest BCUT2D eigenvalue weighted by atomic mass is 10.2. The molecule has 0 rings (SSSR count). The molecule has 0 heterocycles. The summed E-state index contributed by atoms with van der Waals surface area (Å²) in [6.07, 6.45) is -0.0932. The van der Waals surface area contributed by atoms with Gasteiger partial charge in [-0.05, 0) is 54.9 Å². The number of aliphatic imine (C=N–C) groups is 1. The average molecular weight is 402 g/mol. The monoisotopic (exact) mass is 401 g/mol. The molecule has 2 amide bonds. The smallest absolute Gasteiger partial charge is 0.410 e. The van der Waals surface area contributed by atoms with E-state index in [0.717, 1.165) is 6.54 Å². The first-order valence-electron chi connectivity index (χ1n) is 9.77. The fourth-order valence-corrected chi connectivity index (χ4v) is 1.89. The predicted octanol–water partition coefficient (Wildman–Crippen LogP) is 2.32. The summed E-state index contributed by atoms with van der Waals surface area (Å²) >= 11 is 0. The second kappa shape index (κ2) is 12.3. The molecule has 0 radical (unpaired) electrons. The van der Waals surface area contributed by atoms with Crippen LogP contribution in [0.4, 0.5) is 9.59 Å². The minimum Gasteiger partial charge on any atom is -0.444 e. The first-order valence-corrected chi connectivity index (χ1v) is 9.77. The Bertz CT molecular complexity index is 509. The molecule has 0 fully saturated rings. The highest BCUT2D eigenvalue weighted by atomic mass is 16.6. The number of nitrogens with zero attached hydrogens (tertiary/aromatic N) is 2. The molecule has 0 aliphatic carbocycles. The molecule has 28 heavy (non-hydrogen) atoms. The van der Waals surface area contributed by atoms with Crippen molar-refractivity contribution in [3.8, 4) is 0 Å². The molecular formula is C19H39N5O4. The van der Waals surface area contributed by atoms with Crippen LogP contribution in [-0.4, -0.2) is 74.0 Å². The number of hydrogen-bond acceptors (Lipinski definition) is 5. The molecule has 0 aromatic carbocycles. The summed E-state index contributed by atoms with van der Waals surface area (Å²) in [7, 11) is 1.70. The van der Waals surface area contributed by atoms with Gasteiger partial charge in [0, 0.05) is 39.8 Å². The molecular weight excluding hydrogens is 362 g/mol. The van der Waals surface area contributed by atoms with Crippen molar-refractivity contribution in [2.24, 2.45) is 4.99 Å². The van der Waals surface area contributed by atoms with Crippen molar-refractivity contribution in [2.75, 3.05) is 39.8 Å². The van der Waals surface area contributed by atoms with Gasteiger partial charge in [-0.3, -0.25) is 4.99 Å². The summed E-state index contributed by atoms with van der Waals surface area (Å²) in [5.41, 5.74) is -1.01. The molecule has 0 atom stereocenters. The van der Waals surface area contributed by atoms with Gasteiger partial charge in [0.2, 0.25) is 0 Å². The number of amides is 2. The lowest BCUT2D eigenvalue weighted by molar-refractivity contribution is 0.0301. The average Bonchev–Trinajstić information content (AvgIpc) is 2.50. The lowest BCUT2D eigenvalue weighted by Crippen LogP contribution is -2.43. The Kier molecular flexibility index (Phi) is 11.3. The van der Waals surface area contributed by atoms with E-state index in [4.69, 9.17) is 9.47 Å². The Labute approximate surface area is 169 Å². The van der Waals surface area contributed by atoms with E-state index in [1.807, 2.05) is 48.5 Å². The molecule has 0 aliphatic rings. The maximum absolute atomic E-state index is 11.9. The van der Waals surface area contributed by atoms with Crippen molar-refractivity contribution in [3.63, 3.8) is 0 Å². The van der Waals surface area contributed by atoms with Crippen LogP contribution in [0.2, 0.25) is 0 Å². The highest BCUT2D eigenvalue weighted by molar-refractivity contribution is 5.79. The van der Waals surface area contributed by atoms with E-state index in [-0.39, 0.29) is 6.09 Å². The van der Waals surface area contributed by atoms with Crippen molar-refractivity contribution in [1.29, 1.82) is 0 Å². The molecule has 0 bridgehead atoms. The van der Waals surface area contributed by atoms with Gasteiger partial charge in [0.1, 0.15) is 11.2 Å². The highest BCUT2D eigenvalue weighted by Crippen LogP contribution is 2.08. The van der Waals surface area contributed by atoms with Gasteiger partial charge in [-0.15, -0.1) is 0 Å². The SMILES string of the molecule is CCNC(=NCCCNC(=O)OC(C)(C)C)NCCN(C)C(=O)OC(C)(C)C. The number of carbonyl (C=O) groups is 2. The third-order valence-electron chi connectivity index (χ3n) is 3.06. The summed E-state index contributed by atoms with van der Waals surface area (Å²) in [6.45, 7) is 15.8. The summed E-state index contributed by atoms with van der Waals surface area (Å²) in [5.74, 6) is 0.664. The number of ether oxygens (including phenoxy) is 2. The van der Waals surface area contributed by atoms with Crippen molar-refractivity contribution < 1.29 is 19.1 Å². The maximum atomic E-state index is 11.9. The third kappa shape index (κ3) is 14.9. The molecule has 0 saturated carbocycles. The first kappa shape index (κ1) is 25.8. The number of carbonyl (C=O) groups excluding carboxylic acids is 2. The summed E-state index contributed by atoms with van der Waals surface area (Å²) in [6, 6.07) is 0. The normalized spacial score (nSPS) is 12.2. The van der Waals surface area contributed by atoms with Gasteiger partial charge in [0.25, 0.3) is 0 Å². The third-order valence-corrected chi connectivity index (χ3v) is 3.06. The predicted molar refractivity (Wildman–Crippen MR) is 112 cm³/mol. The Morgan fingerprint density at radius 1 is 0.929 bits per heavy atom. The Morgan fingerprint density at radius 3 is 2.07 bits per heavy atom. The van der Waals surface area contributed by atoms with E-state index in [1.54, 1.807) is 7.05 Å². The molecule has 0 aliphatic heterocycles.